The van der Waals surface area contributed by atoms with E-state index in [-0.39, 0.29) is 0 Å². The lowest BCUT2D eigenvalue weighted by atomic mass is 9.77. The van der Waals surface area contributed by atoms with Gasteiger partial charge in [-0.3, -0.25) is 9.88 Å². The Balaban J connectivity index is 1.91. The van der Waals surface area contributed by atoms with Gasteiger partial charge in [0.15, 0.2) is 0 Å². The molecule has 0 aromatic carbocycles. The Morgan fingerprint density at radius 3 is 2.68 bits per heavy atom. The van der Waals surface area contributed by atoms with Gasteiger partial charge < -0.3 is 0 Å². The molecule has 106 valence electrons. The van der Waals surface area contributed by atoms with Gasteiger partial charge in [0.25, 0.3) is 0 Å². The second-order valence-corrected chi connectivity index (χ2v) is 7.65. The third kappa shape index (κ3) is 4.57. The lowest BCUT2D eigenvalue weighted by molar-refractivity contribution is 0.206. The molecule has 0 radical (unpaired) electrons. The minimum absolute atomic E-state index is 0.450. The molecule has 0 saturated carbocycles. The fraction of sp³-hybridized carbons (Fsp3) is 0.688. The van der Waals surface area contributed by atoms with Crippen molar-refractivity contribution < 1.29 is 0 Å². The van der Waals surface area contributed by atoms with Crippen molar-refractivity contribution >= 4 is 15.9 Å². The Labute approximate surface area is 125 Å². The summed E-state index contributed by atoms with van der Waals surface area (Å²) in [7, 11) is 0. The summed E-state index contributed by atoms with van der Waals surface area (Å²) in [6.45, 7) is 10.5. The fourth-order valence-corrected chi connectivity index (χ4v) is 3.14. The van der Waals surface area contributed by atoms with Crippen LogP contribution in [0.2, 0.25) is 0 Å². The first-order chi connectivity index (χ1) is 8.95. The predicted octanol–water partition coefficient (Wildman–Crippen LogP) is 4.49. The van der Waals surface area contributed by atoms with Crippen LogP contribution in [-0.2, 0) is 6.54 Å². The molecule has 1 fully saturated rings. The van der Waals surface area contributed by atoms with Crippen molar-refractivity contribution in [3.05, 3.63) is 28.5 Å². The van der Waals surface area contributed by atoms with E-state index in [0.717, 1.165) is 16.9 Å². The molecule has 1 unspecified atom stereocenters. The van der Waals surface area contributed by atoms with E-state index in [4.69, 9.17) is 0 Å². The Bertz CT molecular complexity index is 394. The predicted molar refractivity (Wildman–Crippen MR) is 84.0 cm³/mol. The van der Waals surface area contributed by atoms with Crippen molar-refractivity contribution in [2.75, 3.05) is 13.1 Å². The maximum atomic E-state index is 4.48. The number of pyridine rings is 1. The van der Waals surface area contributed by atoms with Crippen LogP contribution < -0.4 is 0 Å². The van der Waals surface area contributed by atoms with Crippen molar-refractivity contribution in [1.29, 1.82) is 0 Å². The lowest BCUT2D eigenvalue weighted by Gasteiger charge is -2.29. The first-order valence-electron chi connectivity index (χ1n) is 7.28. The highest BCUT2D eigenvalue weighted by Gasteiger charge is 2.26. The molecule has 2 heterocycles. The largest absolute Gasteiger partial charge is 0.298 e. The molecular formula is C16H25BrN2. The van der Waals surface area contributed by atoms with E-state index < -0.39 is 0 Å². The third-order valence-corrected chi connectivity index (χ3v) is 4.69. The normalized spacial score (nSPS) is 22.2. The monoisotopic (exact) mass is 324 g/mol. The summed E-state index contributed by atoms with van der Waals surface area (Å²) in [5.74, 6) is 0.857. The summed E-state index contributed by atoms with van der Waals surface area (Å²) in [5, 5.41) is 0. The molecular weight excluding hydrogens is 300 g/mol. The number of halogens is 1. The summed E-state index contributed by atoms with van der Waals surface area (Å²) in [5.41, 5.74) is 1.63. The van der Waals surface area contributed by atoms with Crippen LogP contribution in [0.15, 0.2) is 22.8 Å². The molecule has 1 aromatic heterocycles. The van der Waals surface area contributed by atoms with E-state index in [1.54, 1.807) is 0 Å². The van der Waals surface area contributed by atoms with Crippen molar-refractivity contribution in [3.63, 3.8) is 0 Å². The van der Waals surface area contributed by atoms with Crippen LogP contribution in [0.3, 0.4) is 0 Å². The van der Waals surface area contributed by atoms with Gasteiger partial charge in [-0.05, 0) is 71.7 Å². The highest BCUT2D eigenvalue weighted by Crippen LogP contribution is 2.34. The minimum atomic E-state index is 0.450. The highest BCUT2D eigenvalue weighted by atomic mass is 79.9. The van der Waals surface area contributed by atoms with Crippen molar-refractivity contribution in [2.45, 2.75) is 46.6 Å². The molecule has 19 heavy (non-hydrogen) atoms. The van der Waals surface area contributed by atoms with Crippen molar-refractivity contribution in [2.24, 2.45) is 11.3 Å². The van der Waals surface area contributed by atoms with Gasteiger partial charge in [0.1, 0.15) is 0 Å². The fourth-order valence-electron chi connectivity index (χ4n) is 2.91. The maximum Gasteiger partial charge on any atom is 0.0544 e. The minimum Gasteiger partial charge on any atom is -0.298 e. The molecule has 2 nitrogen and oxygen atoms in total. The van der Waals surface area contributed by atoms with Crippen molar-refractivity contribution in [3.8, 4) is 0 Å². The summed E-state index contributed by atoms with van der Waals surface area (Å²) in [6, 6.07) is 4.20. The molecule has 1 atom stereocenters. The number of hydrogen-bond donors (Lipinski definition) is 0. The lowest BCUT2D eigenvalue weighted by Crippen LogP contribution is -2.26. The third-order valence-electron chi connectivity index (χ3n) is 4.22. The molecule has 0 aliphatic carbocycles. The van der Waals surface area contributed by atoms with Crippen LogP contribution in [0.5, 0.6) is 0 Å². The van der Waals surface area contributed by atoms with Gasteiger partial charge in [0.05, 0.1) is 5.69 Å². The van der Waals surface area contributed by atoms with E-state index in [0.29, 0.717) is 5.41 Å². The zero-order chi connectivity index (χ0) is 13.9. The maximum absolute atomic E-state index is 4.48. The Morgan fingerprint density at radius 1 is 1.26 bits per heavy atom. The molecule has 0 amide bonds. The number of likely N-dealkylation sites (tertiary alicyclic amines) is 1. The van der Waals surface area contributed by atoms with E-state index >= 15 is 0 Å². The average Bonchev–Trinajstić information content (AvgIpc) is 2.57. The first kappa shape index (κ1) is 15.0. The molecule has 0 spiro atoms. The summed E-state index contributed by atoms with van der Waals surface area (Å²) >= 11 is 3.44. The van der Waals surface area contributed by atoms with Gasteiger partial charge in [-0.1, -0.05) is 20.8 Å². The van der Waals surface area contributed by atoms with Crippen LogP contribution in [0, 0.1) is 11.3 Å². The summed E-state index contributed by atoms with van der Waals surface area (Å²) in [6.07, 6.45) is 5.90. The van der Waals surface area contributed by atoms with E-state index in [1.165, 1.54) is 38.0 Å². The molecule has 1 saturated heterocycles. The van der Waals surface area contributed by atoms with Crippen molar-refractivity contribution in [1.82, 2.24) is 9.88 Å². The van der Waals surface area contributed by atoms with Crippen LogP contribution in [0.25, 0.3) is 0 Å². The summed E-state index contributed by atoms with van der Waals surface area (Å²) < 4.78 is 1.06. The van der Waals surface area contributed by atoms with E-state index in [9.17, 15) is 0 Å². The summed E-state index contributed by atoms with van der Waals surface area (Å²) in [4.78, 5) is 7.04. The molecule has 3 heteroatoms. The zero-order valence-corrected chi connectivity index (χ0v) is 13.9. The second-order valence-electron chi connectivity index (χ2n) is 6.74. The first-order valence-corrected chi connectivity index (χ1v) is 8.07. The van der Waals surface area contributed by atoms with Gasteiger partial charge in [0, 0.05) is 17.2 Å². The topological polar surface area (TPSA) is 16.1 Å². The molecule has 1 aliphatic rings. The highest BCUT2D eigenvalue weighted by molar-refractivity contribution is 9.10. The molecule has 1 aromatic rings. The quantitative estimate of drug-likeness (QED) is 0.796. The van der Waals surface area contributed by atoms with Gasteiger partial charge in [-0.25, -0.2) is 0 Å². The van der Waals surface area contributed by atoms with Gasteiger partial charge >= 0.3 is 0 Å². The average molecular weight is 325 g/mol. The molecule has 0 bridgehead atoms. The van der Waals surface area contributed by atoms with Gasteiger partial charge in [0.2, 0.25) is 0 Å². The Kier molecular flexibility index (Phi) is 5.02. The second kappa shape index (κ2) is 6.36. The SMILES string of the molecule is CC(C)(C)C1CCCN(Cc2ccc(Br)cn2)CC1. The zero-order valence-electron chi connectivity index (χ0n) is 12.3. The van der Waals surface area contributed by atoms with Crippen LogP contribution in [0.1, 0.15) is 45.7 Å². The number of aromatic nitrogens is 1. The number of rotatable bonds is 2. The van der Waals surface area contributed by atoms with Gasteiger partial charge in [-0.15, -0.1) is 0 Å². The molecule has 1 aliphatic heterocycles. The van der Waals surface area contributed by atoms with Gasteiger partial charge in [-0.2, -0.15) is 0 Å². The molecule has 0 N–H and O–H groups in total. The Morgan fingerprint density at radius 2 is 2.05 bits per heavy atom. The number of hydrogen-bond acceptors (Lipinski definition) is 2. The van der Waals surface area contributed by atoms with Crippen LogP contribution in [0.4, 0.5) is 0 Å². The standard InChI is InChI=1S/C16H25BrN2/c1-16(2,3)13-5-4-9-19(10-8-13)12-15-7-6-14(17)11-18-15/h6-7,11,13H,4-5,8-10,12H2,1-3H3. The van der Waals surface area contributed by atoms with Crippen LogP contribution in [-0.4, -0.2) is 23.0 Å². The Hall–Kier alpha value is -0.410. The van der Waals surface area contributed by atoms with E-state index in [2.05, 4.69) is 58.7 Å². The smallest absolute Gasteiger partial charge is 0.0544 e. The van der Waals surface area contributed by atoms with E-state index in [1.807, 2.05) is 6.20 Å². The van der Waals surface area contributed by atoms with Crippen LogP contribution >= 0.6 is 15.9 Å². The molecule has 2 rings (SSSR count). The number of nitrogens with zero attached hydrogens (tertiary/aromatic N) is 2.